The van der Waals surface area contributed by atoms with Crippen molar-refractivity contribution < 1.29 is 14.6 Å². The van der Waals surface area contributed by atoms with Gasteiger partial charge < -0.3 is 14.6 Å². The first kappa shape index (κ1) is 13.7. The van der Waals surface area contributed by atoms with Crippen LogP contribution in [0.15, 0.2) is 47.9 Å². The molecule has 1 aromatic carbocycles. The van der Waals surface area contributed by atoms with E-state index in [4.69, 9.17) is 4.74 Å². The molecule has 0 radical (unpaired) electrons. The van der Waals surface area contributed by atoms with Crippen LogP contribution >= 0.6 is 11.8 Å². The van der Waals surface area contributed by atoms with Crippen LogP contribution in [0, 0.1) is 0 Å². The molecule has 1 aromatic rings. The molecule has 0 saturated heterocycles. The molecule has 3 nitrogen and oxygen atoms in total. The van der Waals surface area contributed by atoms with E-state index in [2.05, 4.69) is 0 Å². The molecular weight excluding hydrogens is 260 g/mol. The second-order valence-electron chi connectivity index (χ2n) is 4.32. The summed E-state index contributed by atoms with van der Waals surface area (Å²) in [6.45, 7) is 0. The van der Waals surface area contributed by atoms with Crippen LogP contribution in [-0.2, 0) is 9.53 Å². The summed E-state index contributed by atoms with van der Waals surface area (Å²) >= 11 is 1.46. The zero-order chi connectivity index (χ0) is 13.9. The fourth-order valence-corrected chi connectivity index (χ4v) is 2.99. The number of hydrogen-bond donors (Lipinski definition) is 1. The topological polar surface area (TPSA) is 46.5 Å². The third-order valence-corrected chi connectivity index (χ3v) is 4.52. The van der Waals surface area contributed by atoms with Crippen molar-refractivity contribution in [2.75, 3.05) is 13.4 Å². The van der Waals surface area contributed by atoms with Crippen molar-refractivity contribution in [1.82, 2.24) is 0 Å². The number of methoxy groups -OCH3 is 1. The minimum Gasteiger partial charge on any atom is -0.504 e. The summed E-state index contributed by atoms with van der Waals surface area (Å²) in [5.74, 6) is 0.536. The molecule has 0 spiro atoms. The van der Waals surface area contributed by atoms with Crippen LogP contribution in [0.2, 0.25) is 0 Å². The minimum atomic E-state index is -0.709. The van der Waals surface area contributed by atoms with Crippen LogP contribution in [0.1, 0.15) is 12.0 Å². The number of carbonyl (C=O) groups is 1. The Balaban J connectivity index is 2.58. The first-order chi connectivity index (χ1) is 9.16. The van der Waals surface area contributed by atoms with Crippen molar-refractivity contribution >= 4 is 23.6 Å². The molecule has 0 aliphatic heterocycles. The Kier molecular flexibility index (Phi) is 4.00. The number of aliphatic hydroxyl groups is 1. The first-order valence-corrected chi connectivity index (χ1v) is 7.14. The maximum Gasteiger partial charge on any atom is 0.153 e. The molecule has 1 atom stereocenters. The highest BCUT2D eigenvalue weighted by Crippen LogP contribution is 2.44. The first-order valence-electron chi connectivity index (χ1n) is 5.92. The van der Waals surface area contributed by atoms with E-state index < -0.39 is 4.75 Å². The maximum atomic E-state index is 11.6. The number of aldehydes is 1. The van der Waals surface area contributed by atoms with Gasteiger partial charge in [-0.2, -0.15) is 0 Å². The lowest BCUT2D eigenvalue weighted by atomic mass is 9.85. The second-order valence-corrected chi connectivity index (χ2v) is 5.46. The van der Waals surface area contributed by atoms with Crippen LogP contribution in [0.3, 0.4) is 0 Å². The summed E-state index contributed by atoms with van der Waals surface area (Å²) in [6.07, 6.45) is 4.81. The molecule has 0 fully saturated rings. The quantitative estimate of drug-likeness (QED) is 0.858. The molecule has 0 heterocycles. The highest BCUT2D eigenvalue weighted by atomic mass is 32.2. The van der Waals surface area contributed by atoms with Gasteiger partial charge in [0.1, 0.15) is 16.8 Å². The molecule has 1 aliphatic carbocycles. The van der Waals surface area contributed by atoms with Crippen molar-refractivity contribution in [1.29, 1.82) is 0 Å². The average Bonchev–Trinajstić information content (AvgIpc) is 2.48. The lowest BCUT2D eigenvalue weighted by Gasteiger charge is -2.33. The maximum absolute atomic E-state index is 11.6. The van der Waals surface area contributed by atoms with Gasteiger partial charge in [0.15, 0.2) is 5.76 Å². The summed E-state index contributed by atoms with van der Waals surface area (Å²) in [5, 5.41) is 9.98. The van der Waals surface area contributed by atoms with Crippen LogP contribution in [0.5, 0.6) is 0 Å². The van der Waals surface area contributed by atoms with Crippen LogP contribution in [-0.4, -0.2) is 29.5 Å². The van der Waals surface area contributed by atoms with Gasteiger partial charge in [0.2, 0.25) is 0 Å². The second kappa shape index (κ2) is 5.53. The van der Waals surface area contributed by atoms with E-state index in [1.165, 1.54) is 18.9 Å². The Morgan fingerprint density at radius 3 is 2.58 bits per heavy atom. The number of thioether (sulfide) groups is 1. The highest BCUT2D eigenvalue weighted by molar-refractivity contribution is 8.01. The standard InChI is InChI=1S/C15H16O3S/c1-18-14-9-15(10-16,19-2)12(8-13(14)17)11-6-4-3-5-7-11/h3-8,10,17H,9H2,1-2H3. The normalized spacial score (nSPS) is 22.9. The molecule has 2 rings (SSSR count). The third-order valence-electron chi connectivity index (χ3n) is 3.33. The molecule has 0 bridgehead atoms. The predicted octanol–water partition coefficient (Wildman–Crippen LogP) is 3.19. The van der Waals surface area contributed by atoms with Gasteiger partial charge in [0.25, 0.3) is 0 Å². The Morgan fingerprint density at radius 1 is 1.37 bits per heavy atom. The van der Waals surface area contributed by atoms with Crippen LogP contribution in [0.4, 0.5) is 0 Å². The predicted molar refractivity (Wildman–Crippen MR) is 78.0 cm³/mol. The fraction of sp³-hybridized carbons (Fsp3) is 0.267. The van der Waals surface area contributed by atoms with Crippen molar-refractivity contribution in [3.05, 3.63) is 53.5 Å². The lowest BCUT2D eigenvalue weighted by Crippen LogP contribution is -2.32. The van der Waals surface area contributed by atoms with Gasteiger partial charge in [-0.25, -0.2) is 0 Å². The zero-order valence-electron chi connectivity index (χ0n) is 10.9. The van der Waals surface area contributed by atoms with E-state index in [0.29, 0.717) is 12.2 Å². The van der Waals surface area contributed by atoms with E-state index in [-0.39, 0.29) is 5.76 Å². The smallest absolute Gasteiger partial charge is 0.153 e. The van der Waals surface area contributed by atoms with E-state index in [1.807, 2.05) is 36.6 Å². The molecule has 4 heteroatoms. The van der Waals surface area contributed by atoms with Gasteiger partial charge in [-0.15, -0.1) is 11.8 Å². The molecular formula is C15H16O3S. The van der Waals surface area contributed by atoms with E-state index in [9.17, 15) is 9.90 Å². The summed E-state index contributed by atoms with van der Waals surface area (Å²) in [7, 11) is 1.50. The van der Waals surface area contributed by atoms with Crippen LogP contribution < -0.4 is 0 Å². The Morgan fingerprint density at radius 2 is 2.05 bits per heavy atom. The SMILES string of the molecule is COC1=C(O)C=C(c2ccccc2)C(C=O)(SC)C1. The van der Waals surface area contributed by atoms with Gasteiger partial charge in [-0.05, 0) is 23.5 Å². The number of benzene rings is 1. The molecule has 1 N–H and O–H groups in total. The summed E-state index contributed by atoms with van der Waals surface area (Å²) in [6, 6.07) is 9.62. The zero-order valence-corrected chi connectivity index (χ0v) is 11.7. The van der Waals surface area contributed by atoms with Gasteiger partial charge in [0.05, 0.1) is 7.11 Å². The van der Waals surface area contributed by atoms with Gasteiger partial charge in [-0.1, -0.05) is 30.3 Å². The highest BCUT2D eigenvalue weighted by Gasteiger charge is 2.39. The molecule has 19 heavy (non-hydrogen) atoms. The summed E-state index contributed by atoms with van der Waals surface area (Å²) in [5.41, 5.74) is 1.75. The summed E-state index contributed by atoms with van der Waals surface area (Å²) < 4.78 is 4.45. The molecule has 100 valence electrons. The number of aliphatic hydroxyl groups excluding tert-OH is 1. The minimum absolute atomic E-state index is 0.0906. The third kappa shape index (κ3) is 2.40. The van der Waals surface area contributed by atoms with Crippen LogP contribution in [0.25, 0.3) is 5.57 Å². The Bertz CT molecular complexity index is 534. The molecule has 1 aliphatic rings. The molecule has 0 amide bonds. The number of ether oxygens (including phenoxy) is 1. The number of carbonyl (C=O) groups excluding carboxylic acids is 1. The average molecular weight is 276 g/mol. The monoisotopic (exact) mass is 276 g/mol. The number of rotatable bonds is 4. The van der Waals surface area contributed by atoms with Crippen molar-refractivity contribution in [3.63, 3.8) is 0 Å². The van der Waals surface area contributed by atoms with Gasteiger partial charge >= 0.3 is 0 Å². The number of allylic oxidation sites excluding steroid dienone is 2. The van der Waals surface area contributed by atoms with E-state index in [0.717, 1.165) is 17.4 Å². The Hall–Kier alpha value is -1.68. The van der Waals surface area contributed by atoms with Gasteiger partial charge in [-0.3, -0.25) is 0 Å². The lowest BCUT2D eigenvalue weighted by molar-refractivity contribution is -0.108. The fourth-order valence-electron chi connectivity index (χ4n) is 2.22. The summed E-state index contributed by atoms with van der Waals surface area (Å²) in [4.78, 5) is 11.6. The number of hydrogen-bond acceptors (Lipinski definition) is 4. The molecule has 0 aromatic heterocycles. The molecule has 0 saturated carbocycles. The van der Waals surface area contributed by atoms with Crippen molar-refractivity contribution in [3.8, 4) is 0 Å². The van der Waals surface area contributed by atoms with E-state index >= 15 is 0 Å². The van der Waals surface area contributed by atoms with Crippen molar-refractivity contribution in [2.24, 2.45) is 0 Å². The molecule has 1 unspecified atom stereocenters. The Labute approximate surface area is 117 Å². The largest absolute Gasteiger partial charge is 0.504 e. The van der Waals surface area contributed by atoms with Crippen molar-refractivity contribution in [2.45, 2.75) is 11.2 Å². The van der Waals surface area contributed by atoms with Gasteiger partial charge in [0, 0.05) is 6.42 Å². The van der Waals surface area contributed by atoms with E-state index in [1.54, 1.807) is 6.08 Å².